The van der Waals surface area contributed by atoms with Crippen molar-refractivity contribution in [3.05, 3.63) is 93.1 Å². The Labute approximate surface area is 231 Å². The van der Waals surface area contributed by atoms with Crippen molar-refractivity contribution in [3.8, 4) is 0 Å². The Morgan fingerprint density at radius 1 is 0.667 bits per heavy atom. The standard InChI is InChI=1S/C33H40O6/c1-21(2)9-6-10-22(3)11-7-12-23(4)13-8-14-24(5)15-17-27-30(36)32(38)28(33(39)31(27)37)20-25-19-26(34)16-18-29(25)35/h9,11,13,15-16,18-19,36,39H,6-8,10,12,14,17,20H2,1-5H3/b22-11+,23-13+,24-15+. The summed E-state index contributed by atoms with van der Waals surface area (Å²) in [5, 5.41) is 20.8. The first-order chi connectivity index (χ1) is 18.4. The van der Waals surface area contributed by atoms with E-state index in [0.717, 1.165) is 62.3 Å². The van der Waals surface area contributed by atoms with Gasteiger partial charge in [0.2, 0.25) is 11.6 Å². The molecular formula is C33H40O6. The third-order valence-electron chi connectivity index (χ3n) is 6.76. The zero-order valence-electron chi connectivity index (χ0n) is 23.7. The van der Waals surface area contributed by atoms with Crippen LogP contribution >= 0.6 is 0 Å². The summed E-state index contributed by atoms with van der Waals surface area (Å²) in [6.07, 6.45) is 17.1. The third-order valence-corrected chi connectivity index (χ3v) is 6.76. The maximum Gasteiger partial charge on any atom is 0.227 e. The first-order valence-corrected chi connectivity index (χ1v) is 13.4. The van der Waals surface area contributed by atoms with Gasteiger partial charge in [-0.05, 0) is 97.8 Å². The Bertz CT molecular complexity index is 1270. The van der Waals surface area contributed by atoms with Gasteiger partial charge in [-0.25, -0.2) is 0 Å². The minimum atomic E-state index is -0.913. The quantitative estimate of drug-likeness (QED) is 0.190. The molecule has 2 aliphatic carbocycles. The SMILES string of the molecule is CC(C)=CCC/C(C)=C/CC/C(C)=C/CC/C(C)=C/CC1=C(O)C(=O)C(CC2=CC(=O)C=CC2=O)=C(O)C1=O. The van der Waals surface area contributed by atoms with Crippen LogP contribution in [-0.2, 0) is 19.2 Å². The van der Waals surface area contributed by atoms with Gasteiger partial charge in [-0.1, -0.05) is 46.6 Å². The summed E-state index contributed by atoms with van der Waals surface area (Å²) in [5.74, 6) is -4.21. The molecule has 0 saturated heterocycles. The van der Waals surface area contributed by atoms with Crippen molar-refractivity contribution in [1.82, 2.24) is 0 Å². The highest BCUT2D eigenvalue weighted by atomic mass is 16.3. The first-order valence-electron chi connectivity index (χ1n) is 13.4. The van der Waals surface area contributed by atoms with E-state index < -0.39 is 41.1 Å². The number of hydrogen-bond acceptors (Lipinski definition) is 6. The molecule has 2 rings (SSSR count). The lowest BCUT2D eigenvalue weighted by Gasteiger charge is -2.18. The molecule has 0 aliphatic heterocycles. The lowest BCUT2D eigenvalue weighted by Crippen LogP contribution is -2.25. The number of ketones is 4. The van der Waals surface area contributed by atoms with Crippen molar-refractivity contribution >= 4 is 23.1 Å². The van der Waals surface area contributed by atoms with Gasteiger partial charge in [0.25, 0.3) is 0 Å². The number of Topliss-reactive ketones (excluding diaryl/α,β-unsaturated/α-hetero) is 2. The van der Waals surface area contributed by atoms with Crippen LogP contribution < -0.4 is 0 Å². The molecule has 6 heteroatoms. The number of aliphatic hydroxyl groups is 2. The van der Waals surface area contributed by atoms with Crippen LogP contribution in [0.4, 0.5) is 0 Å². The Kier molecular flexibility index (Phi) is 12.1. The summed E-state index contributed by atoms with van der Waals surface area (Å²) in [6, 6.07) is 0. The van der Waals surface area contributed by atoms with Gasteiger partial charge >= 0.3 is 0 Å². The molecule has 6 nitrogen and oxygen atoms in total. The molecule has 0 heterocycles. The minimum Gasteiger partial charge on any atom is -0.504 e. The summed E-state index contributed by atoms with van der Waals surface area (Å²) < 4.78 is 0. The van der Waals surface area contributed by atoms with Crippen LogP contribution in [0.25, 0.3) is 0 Å². The van der Waals surface area contributed by atoms with E-state index in [4.69, 9.17) is 0 Å². The van der Waals surface area contributed by atoms with Crippen LogP contribution in [0.15, 0.2) is 93.1 Å². The van der Waals surface area contributed by atoms with Crippen molar-refractivity contribution in [3.63, 3.8) is 0 Å². The zero-order valence-corrected chi connectivity index (χ0v) is 23.7. The van der Waals surface area contributed by atoms with Gasteiger partial charge in [0, 0.05) is 12.0 Å². The molecule has 0 radical (unpaired) electrons. The molecule has 0 unspecified atom stereocenters. The Morgan fingerprint density at radius 2 is 1.15 bits per heavy atom. The Morgan fingerprint density at radius 3 is 1.72 bits per heavy atom. The molecule has 0 aromatic rings. The monoisotopic (exact) mass is 532 g/mol. The second-order valence-corrected chi connectivity index (χ2v) is 10.5. The lowest BCUT2D eigenvalue weighted by atomic mass is 9.86. The fraction of sp³-hybridized carbons (Fsp3) is 0.394. The number of allylic oxidation sites excluding steroid dienone is 14. The van der Waals surface area contributed by atoms with Gasteiger partial charge in [-0.2, -0.15) is 0 Å². The van der Waals surface area contributed by atoms with E-state index in [9.17, 15) is 29.4 Å². The fourth-order valence-corrected chi connectivity index (χ4v) is 4.28. The van der Waals surface area contributed by atoms with Gasteiger partial charge in [-0.15, -0.1) is 0 Å². The normalized spacial score (nSPS) is 17.4. The number of hydrogen-bond donors (Lipinski definition) is 2. The molecule has 0 aromatic carbocycles. The smallest absolute Gasteiger partial charge is 0.227 e. The van der Waals surface area contributed by atoms with Gasteiger partial charge in [0.1, 0.15) is 0 Å². The summed E-state index contributed by atoms with van der Waals surface area (Å²) in [7, 11) is 0. The highest BCUT2D eigenvalue weighted by Gasteiger charge is 2.35. The molecule has 2 N–H and O–H groups in total. The fourth-order valence-electron chi connectivity index (χ4n) is 4.28. The topological polar surface area (TPSA) is 109 Å². The van der Waals surface area contributed by atoms with E-state index in [-0.39, 0.29) is 23.1 Å². The lowest BCUT2D eigenvalue weighted by molar-refractivity contribution is -0.120. The second kappa shape index (κ2) is 15.0. The molecule has 0 atom stereocenters. The van der Waals surface area contributed by atoms with Gasteiger partial charge < -0.3 is 10.2 Å². The number of carbonyl (C=O) groups excluding carboxylic acids is 4. The van der Waals surface area contributed by atoms with Gasteiger partial charge in [0.05, 0.1) is 11.1 Å². The average Bonchev–Trinajstić information content (AvgIpc) is 2.87. The average molecular weight is 533 g/mol. The Balaban J connectivity index is 1.91. The first kappa shape index (κ1) is 31.4. The highest BCUT2D eigenvalue weighted by molar-refractivity contribution is 6.24. The molecule has 0 saturated carbocycles. The molecule has 0 spiro atoms. The van der Waals surface area contributed by atoms with Crippen LogP contribution in [-0.4, -0.2) is 33.3 Å². The van der Waals surface area contributed by atoms with E-state index in [1.54, 1.807) is 6.08 Å². The summed E-state index contributed by atoms with van der Waals surface area (Å²) in [5.41, 5.74) is 4.48. The predicted molar refractivity (Wildman–Crippen MR) is 154 cm³/mol. The van der Waals surface area contributed by atoms with Crippen molar-refractivity contribution in [2.45, 2.75) is 86.0 Å². The van der Waals surface area contributed by atoms with E-state index in [1.807, 2.05) is 6.92 Å². The number of rotatable bonds is 13. The molecule has 0 aromatic heterocycles. The van der Waals surface area contributed by atoms with E-state index in [1.165, 1.54) is 16.7 Å². The molecule has 2 aliphatic rings. The van der Waals surface area contributed by atoms with Gasteiger partial charge in [-0.3, -0.25) is 19.2 Å². The predicted octanol–water partition coefficient (Wildman–Crippen LogP) is 7.32. The Hall–Kier alpha value is -3.80. The van der Waals surface area contributed by atoms with Crippen LogP contribution in [0, 0.1) is 0 Å². The molecule has 0 amide bonds. The van der Waals surface area contributed by atoms with E-state index >= 15 is 0 Å². The van der Waals surface area contributed by atoms with Crippen molar-refractivity contribution < 1.29 is 29.4 Å². The van der Waals surface area contributed by atoms with Crippen molar-refractivity contribution in [2.75, 3.05) is 0 Å². The molecule has 0 fully saturated rings. The molecular weight excluding hydrogens is 492 g/mol. The van der Waals surface area contributed by atoms with Crippen LogP contribution in [0.2, 0.25) is 0 Å². The van der Waals surface area contributed by atoms with Crippen molar-refractivity contribution in [2.24, 2.45) is 0 Å². The van der Waals surface area contributed by atoms with Crippen LogP contribution in [0.3, 0.4) is 0 Å². The highest BCUT2D eigenvalue weighted by Crippen LogP contribution is 2.29. The van der Waals surface area contributed by atoms with Crippen LogP contribution in [0.5, 0.6) is 0 Å². The third kappa shape index (κ3) is 9.78. The molecule has 39 heavy (non-hydrogen) atoms. The summed E-state index contributed by atoms with van der Waals surface area (Å²) >= 11 is 0. The maximum absolute atomic E-state index is 12.7. The molecule has 0 bridgehead atoms. The van der Waals surface area contributed by atoms with E-state index in [0.29, 0.717) is 0 Å². The van der Waals surface area contributed by atoms with Crippen molar-refractivity contribution in [1.29, 1.82) is 0 Å². The van der Waals surface area contributed by atoms with Crippen LogP contribution in [0.1, 0.15) is 86.0 Å². The number of aliphatic hydroxyl groups excluding tert-OH is 2. The summed E-state index contributed by atoms with van der Waals surface area (Å²) in [6.45, 7) is 10.4. The zero-order chi connectivity index (χ0) is 29.1. The summed E-state index contributed by atoms with van der Waals surface area (Å²) in [4.78, 5) is 49.0. The molecule has 208 valence electrons. The number of carbonyl (C=O) groups is 4. The second-order valence-electron chi connectivity index (χ2n) is 10.5. The largest absolute Gasteiger partial charge is 0.504 e. The maximum atomic E-state index is 12.7. The van der Waals surface area contributed by atoms with E-state index in [2.05, 4.69) is 45.9 Å². The van der Waals surface area contributed by atoms with Gasteiger partial charge in [0.15, 0.2) is 23.1 Å². The minimum absolute atomic E-state index is 0.00193.